The molecular weight excluding hydrogens is 852 g/mol. The predicted molar refractivity (Wildman–Crippen MR) is 223 cm³/mol. The van der Waals surface area contributed by atoms with Crippen LogP contribution < -0.4 is 37.3 Å². The van der Waals surface area contributed by atoms with Crippen molar-refractivity contribution in [3.05, 3.63) is 106 Å². The molecule has 3 aromatic carbocycles. The zero-order valence-electron chi connectivity index (χ0n) is 34.4. The number of anilines is 2. The van der Waals surface area contributed by atoms with Crippen LogP contribution in [0.5, 0.6) is 0 Å². The molecule has 0 radical (unpaired) electrons. The largest absolute Gasteiger partial charge is 0.477 e. The number of halogens is 4. The number of primary amides is 1. The Balaban J connectivity index is 1.16. The van der Waals surface area contributed by atoms with E-state index in [0.717, 1.165) is 12.1 Å². The highest BCUT2D eigenvalue weighted by Gasteiger charge is 2.38. The lowest BCUT2D eigenvalue weighted by molar-refractivity contribution is -0.149. The van der Waals surface area contributed by atoms with Crippen molar-refractivity contribution < 1.29 is 60.9 Å². The maximum atomic E-state index is 15.3. The number of urea groups is 1. The number of carboxylic acids is 1. The number of aromatic carboxylic acids is 1. The molecule has 1 saturated heterocycles. The topological polar surface area (TPSA) is 244 Å². The summed E-state index contributed by atoms with van der Waals surface area (Å²) in [5.74, 6) is -4.13. The highest BCUT2D eigenvalue weighted by atomic mass is 19.4. The molecule has 0 unspecified atom stereocenters. The Bertz CT molecular complexity index is 2390. The number of rotatable bonds is 17. The molecule has 1 aliphatic heterocycles. The third-order valence-corrected chi connectivity index (χ3v) is 10.0. The monoisotopic (exact) mass is 898 g/mol. The molecule has 22 heteroatoms. The van der Waals surface area contributed by atoms with Gasteiger partial charge < -0.3 is 55.9 Å². The van der Waals surface area contributed by atoms with E-state index in [9.17, 15) is 51.8 Å². The summed E-state index contributed by atoms with van der Waals surface area (Å²) >= 11 is 0. The van der Waals surface area contributed by atoms with Gasteiger partial charge in [0.2, 0.25) is 11.8 Å². The van der Waals surface area contributed by atoms with Crippen LogP contribution in [-0.4, -0.2) is 102 Å². The number of nitrogens with two attached hydrogens (primary N) is 1. The highest BCUT2D eigenvalue weighted by Crippen LogP contribution is 2.27. The molecule has 2 heterocycles. The summed E-state index contributed by atoms with van der Waals surface area (Å²) in [6, 6.07) is 13.3. The van der Waals surface area contributed by atoms with Crippen molar-refractivity contribution in [1.82, 2.24) is 25.4 Å². The average Bonchev–Trinajstić information content (AvgIpc) is 3.25. The smallest absolute Gasteiger partial charge is 0.410 e. The Morgan fingerprint density at radius 2 is 1.50 bits per heavy atom. The number of pyridine rings is 1. The predicted octanol–water partition coefficient (Wildman–Crippen LogP) is 4.44. The zero-order valence-corrected chi connectivity index (χ0v) is 34.4. The lowest BCUT2D eigenvalue weighted by Gasteiger charge is -2.35. The number of benzene rings is 3. The van der Waals surface area contributed by atoms with Crippen molar-refractivity contribution in [3.63, 3.8) is 0 Å². The molecular formula is C42H46F4N8O10. The van der Waals surface area contributed by atoms with Gasteiger partial charge in [-0.1, -0.05) is 42.5 Å². The molecule has 7 N–H and O–H groups in total. The number of aryl methyl sites for hydroxylation is 1. The summed E-state index contributed by atoms with van der Waals surface area (Å²) in [5.41, 5.74) is 5.91. The molecule has 0 spiro atoms. The number of amides is 6. The van der Waals surface area contributed by atoms with Crippen LogP contribution >= 0.6 is 0 Å². The van der Waals surface area contributed by atoms with Gasteiger partial charge >= 0.3 is 30.4 Å². The second kappa shape index (κ2) is 21.6. The molecule has 2 atom stereocenters. The number of carboxylic acid groups (broad SMARTS) is 1. The van der Waals surface area contributed by atoms with Gasteiger partial charge in [-0.3, -0.25) is 14.4 Å². The van der Waals surface area contributed by atoms with Crippen LogP contribution in [-0.2, 0) is 38.8 Å². The number of hydrogen-bond donors (Lipinski definition) is 6. The van der Waals surface area contributed by atoms with Gasteiger partial charge in [0.25, 0.3) is 0 Å². The number of aromatic nitrogens is 1. The summed E-state index contributed by atoms with van der Waals surface area (Å²) in [6.07, 6.45) is -8.72. The zero-order chi connectivity index (χ0) is 46.6. The number of hydrogen-bond acceptors (Lipinski definition) is 10. The van der Waals surface area contributed by atoms with Crippen molar-refractivity contribution in [2.24, 2.45) is 5.73 Å². The van der Waals surface area contributed by atoms with E-state index in [0.29, 0.717) is 11.1 Å². The number of alkyl carbamates (subject to hydrolysis) is 1. The van der Waals surface area contributed by atoms with E-state index in [4.69, 9.17) is 15.2 Å². The fourth-order valence-electron chi connectivity index (χ4n) is 6.83. The van der Waals surface area contributed by atoms with Gasteiger partial charge in [-0.05, 0) is 55.2 Å². The summed E-state index contributed by atoms with van der Waals surface area (Å²) in [5, 5.41) is 18.7. The molecule has 1 aliphatic rings. The van der Waals surface area contributed by atoms with Crippen molar-refractivity contribution in [2.45, 2.75) is 64.2 Å². The molecule has 1 fully saturated rings. The minimum atomic E-state index is -4.90. The van der Waals surface area contributed by atoms with Gasteiger partial charge in [0, 0.05) is 56.4 Å². The molecule has 0 bridgehead atoms. The fourth-order valence-corrected chi connectivity index (χ4v) is 6.83. The Kier molecular flexibility index (Phi) is 16.1. The highest BCUT2D eigenvalue weighted by molar-refractivity contribution is 5.98. The van der Waals surface area contributed by atoms with Crippen LogP contribution in [0.25, 0.3) is 10.9 Å². The van der Waals surface area contributed by atoms with Crippen LogP contribution in [0, 0.1) is 5.82 Å². The van der Waals surface area contributed by atoms with E-state index < -0.39 is 71.9 Å². The van der Waals surface area contributed by atoms with Crippen LogP contribution in [0.1, 0.15) is 47.8 Å². The molecule has 64 heavy (non-hydrogen) atoms. The molecule has 18 nitrogen and oxygen atoms in total. The second-order valence-corrected chi connectivity index (χ2v) is 14.6. The number of piperazine rings is 1. The van der Waals surface area contributed by atoms with Gasteiger partial charge in [0.1, 0.15) is 36.8 Å². The Morgan fingerprint density at radius 3 is 2.12 bits per heavy atom. The van der Waals surface area contributed by atoms with Gasteiger partial charge in [-0.2, -0.15) is 13.2 Å². The minimum absolute atomic E-state index is 0.0305. The molecule has 4 aromatic rings. The molecule has 5 rings (SSSR count). The van der Waals surface area contributed by atoms with Gasteiger partial charge in [-0.15, -0.1) is 0 Å². The standard InChI is InChI=1S/C42H46F4N8O10/c1-2-54-32-20-33(29(43)19-28(32)35(55)21-34(54)38(58)59)52-15-17-53(18-16-52)41(62)64-24-26-10-12-27(13-11-26)49-36(56)30(9-6-14-48-39(47)60)50-37(57)31(22-42(44,45)46)51-40(61)63-23-25-7-4-3-5-8-25/h3-5,7-8,10-13,19-21,30-31H,2,6,9,14-18,22-24H2,1H3,(H,49,56)(H,50,57)(H,51,61)(H,58,59)(H3,47,48,60)/t30-,31+/m0/s1. The first-order valence-electron chi connectivity index (χ1n) is 20.0. The van der Waals surface area contributed by atoms with Gasteiger partial charge in [-0.25, -0.2) is 23.6 Å². The van der Waals surface area contributed by atoms with Crippen molar-refractivity contribution in [3.8, 4) is 0 Å². The van der Waals surface area contributed by atoms with E-state index in [2.05, 4.69) is 16.0 Å². The first kappa shape index (κ1) is 47.7. The Morgan fingerprint density at radius 1 is 0.844 bits per heavy atom. The number of carbonyl (C=O) groups is 6. The lowest BCUT2D eigenvalue weighted by atomic mass is 10.1. The summed E-state index contributed by atoms with van der Waals surface area (Å²) in [4.78, 5) is 90.6. The van der Waals surface area contributed by atoms with Crippen LogP contribution in [0.3, 0.4) is 0 Å². The van der Waals surface area contributed by atoms with Crippen molar-refractivity contribution in [2.75, 3.05) is 42.9 Å². The van der Waals surface area contributed by atoms with E-state index >= 15 is 4.39 Å². The van der Waals surface area contributed by atoms with E-state index in [-0.39, 0.29) is 93.3 Å². The number of fused-ring (bicyclic) bond motifs is 1. The van der Waals surface area contributed by atoms with Gasteiger partial charge in [0.05, 0.1) is 17.6 Å². The maximum Gasteiger partial charge on any atom is 0.410 e. The quantitative estimate of drug-likeness (QED) is 0.0640. The van der Waals surface area contributed by atoms with Crippen molar-refractivity contribution in [1.29, 1.82) is 0 Å². The summed E-state index contributed by atoms with van der Waals surface area (Å²) < 4.78 is 67.7. The number of alkyl halides is 3. The average molecular weight is 899 g/mol. The van der Waals surface area contributed by atoms with Crippen molar-refractivity contribution >= 4 is 58.3 Å². The van der Waals surface area contributed by atoms with Crippen LogP contribution in [0.4, 0.5) is 43.3 Å². The van der Waals surface area contributed by atoms with E-state index in [1.54, 1.807) is 42.2 Å². The minimum Gasteiger partial charge on any atom is -0.477 e. The van der Waals surface area contributed by atoms with Crippen LogP contribution in [0.2, 0.25) is 0 Å². The first-order valence-corrected chi connectivity index (χ1v) is 20.0. The van der Waals surface area contributed by atoms with Crippen LogP contribution in [0.15, 0.2) is 77.6 Å². The molecule has 0 aliphatic carbocycles. The number of nitrogens with one attached hydrogen (secondary N) is 4. The molecule has 342 valence electrons. The summed E-state index contributed by atoms with van der Waals surface area (Å²) in [6.45, 7) is 2.12. The van der Waals surface area contributed by atoms with Gasteiger partial charge in [0.15, 0.2) is 5.43 Å². The first-order chi connectivity index (χ1) is 30.4. The van der Waals surface area contributed by atoms with E-state index in [1.807, 2.05) is 5.32 Å². The molecule has 0 saturated carbocycles. The van der Waals surface area contributed by atoms with E-state index in [1.165, 1.54) is 39.8 Å². The second-order valence-electron chi connectivity index (χ2n) is 14.6. The Labute approximate surface area is 362 Å². The molecule has 6 amide bonds. The maximum absolute atomic E-state index is 15.3. The Hall–Kier alpha value is -7.39. The fraction of sp³-hybridized carbons (Fsp3) is 0.357. The third-order valence-electron chi connectivity index (χ3n) is 10.0. The summed E-state index contributed by atoms with van der Waals surface area (Å²) in [7, 11) is 0. The molecule has 1 aromatic heterocycles. The third kappa shape index (κ3) is 13.3. The SMILES string of the molecule is CCn1c(C(=O)O)cc(=O)c2cc(F)c(N3CCN(C(=O)OCc4ccc(NC(=O)[C@H](CCCNC(N)=O)NC(=O)[C@@H](CC(F)(F)F)NC(=O)OCc5ccccc5)cc4)CC3)cc21. The normalized spacial score (nSPS) is 13.6. The number of nitrogens with zero attached hydrogens (tertiary/aromatic N) is 3. The number of ether oxygens (including phenoxy) is 2. The number of carbonyl (C=O) groups excluding carboxylic acids is 5. The lowest BCUT2D eigenvalue weighted by Crippen LogP contribution is -2.54.